The fourth-order valence-corrected chi connectivity index (χ4v) is 2.97. The van der Waals surface area contributed by atoms with Crippen molar-refractivity contribution in [1.82, 2.24) is 15.2 Å². The fourth-order valence-electron chi connectivity index (χ4n) is 2.67. The van der Waals surface area contributed by atoms with E-state index in [0.717, 1.165) is 36.8 Å². The quantitative estimate of drug-likeness (QED) is 0.894. The molecular formula is C15H18ClN3O. The zero-order chi connectivity index (χ0) is 14.1. The van der Waals surface area contributed by atoms with Crippen LogP contribution in [-0.2, 0) is 0 Å². The minimum atomic E-state index is -0.110. The third kappa shape index (κ3) is 2.53. The van der Waals surface area contributed by atoms with Gasteiger partial charge in [-0.05, 0) is 39.0 Å². The molecule has 1 saturated heterocycles. The number of likely N-dealkylation sites (tertiary alicyclic amines) is 1. The van der Waals surface area contributed by atoms with Gasteiger partial charge in [0.15, 0.2) is 0 Å². The molecule has 2 heterocycles. The highest BCUT2D eigenvalue weighted by molar-refractivity contribution is 6.38. The summed E-state index contributed by atoms with van der Waals surface area (Å²) in [6.07, 6.45) is 1.97. The number of nitrogens with zero attached hydrogens (tertiary/aromatic N) is 1. The van der Waals surface area contributed by atoms with Crippen molar-refractivity contribution in [2.75, 3.05) is 20.1 Å². The molecule has 1 aromatic heterocycles. The van der Waals surface area contributed by atoms with Gasteiger partial charge in [0.1, 0.15) is 5.69 Å². The third-order valence-electron chi connectivity index (χ3n) is 3.92. The van der Waals surface area contributed by atoms with Crippen LogP contribution in [-0.4, -0.2) is 42.0 Å². The van der Waals surface area contributed by atoms with Crippen LogP contribution < -0.4 is 5.32 Å². The molecule has 1 amide bonds. The van der Waals surface area contributed by atoms with Crippen molar-refractivity contribution in [1.29, 1.82) is 0 Å². The Balaban J connectivity index is 1.77. The monoisotopic (exact) mass is 291 g/mol. The lowest BCUT2D eigenvalue weighted by Crippen LogP contribution is -2.43. The molecule has 20 heavy (non-hydrogen) atoms. The number of halogens is 1. The second-order valence-corrected chi connectivity index (χ2v) is 5.79. The number of hydrogen-bond donors (Lipinski definition) is 2. The first kappa shape index (κ1) is 13.5. The Bertz CT molecular complexity index is 629. The maximum atomic E-state index is 12.3. The Kier molecular flexibility index (Phi) is 3.68. The molecule has 1 aromatic carbocycles. The van der Waals surface area contributed by atoms with E-state index in [-0.39, 0.29) is 11.9 Å². The summed E-state index contributed by atoms with van der Waals surface area (Å²) in [6, 6.07) is 7.92. The summed E-state index contributed by atoms with van der Waals surface area (Å²) in [6.45, 7) is 2.04. The number of rotatable bonds is 2. The van der Waals surface area contributed by atoms with Gasteiger partial charge in [-0.2, -0.15) is 0 Å². The van der Waals surface area contributed by atoms with Gasteiger partial charge in [0.25, 0.3) is 5.91 Å². The Labute approximate surface area is 123 Å². The predicted octanol–water partition coefficient (Wildman–Crippen LogP) is 2.65. The summed E-state index contributed by atoms with van der Waals surface area (Å²) < 4.78 is 0. The van der Waals surface area contributed by atoms with Gasteiger partial charge in [-0.3, -0.25) is 4.79 Å². The van der Waals surface area contributed by atoms with E-state index in [1.807, 2.05) is 24.3 Å². The Hall–Kier alpha value is -1.52. The van der Waals surface area contributed by atoms with Gasteiger partial charge in [-0.15, -0.1) is 0 Å². The summed E-state index contributed by atoms with van der Waals surface area (Å²) in [5, 5.41) is 4.47. The summed E-state index contributed by atoms with van der Waals surface area (Å²) in [4.78, 5) is 17.7. The molecule has 3 rings (SSSR count). The van der Waals surface area contributed by atoms with E-state index in [9.17, 15) is 4.79 Å². The van der Waals surface area contributed by atoms with Crippen LogP contribution in [0.4, 0.5) is 0 Å². The molecule has 1 fully saturated rings. The average molecular weight is 292 g/mol. The van der Waals surface area contributed by atoms with Gasteiger partial charge in [0.05, 0.1) is 5.02 Å². The number of para-hydroxylation sites is 1. The Morgan fingerprint density at radius 1 is 1.35 bits per heavy atom. The molecule has 2 N–H and O–H groups in total. The number of H-pyrrole nitrogens is 1. The average Bonchev–Trinajstić information content (AvgIpc) is 2.79. The standard InChI is InChI=1S/C15H18ClN3O/c1-19-8-6-10(7-9-19)17-15(20)14-13(16)11-4-2-3-5-12(11)18-14/h2-5,10,18H,6-9H2,1H3,(H,17,20). The predicted molar refractivity (Wildman–Crippen MR) is 81.3 cm³/mol. The van der Waals surface area contributed by atoms with E-state index >= 15 is 0 Å². The molecule has 0 saturated carbocycles. The van der Waals surface area contributed by atoms with E-state index in [0.29, 0.717) is 10.7 Å². The van der Waals surface area contributed by atoms with Gasteiger partial charge < -0.3 is 15.2 Å². The van der Waals surface area contributed by atoms with Gasteiger partial charge >= 0.3 is 0 Å². The van der Waals surface area contributed by atoms with E-state index < -0.39 is 0 Å². The molecule has 1 aliphatic heterocycles. The fraction of sp³-hybridized carbons (Fsp3) is 0.400. The maximum Gasteiger partial charge on any atom is 0.269 e. The SMILES string of the molecule is CN1CCC(NC(=O)c2[nH]c3ccccc3c2Cl)CC1. The number of aromatic nitrogens is 1. The van der Waals surface area contributed by atoms with Crippen LogP contribution in [0.2, 0.25) is 5.02 Å². The van der Waals surface area contributed by atoms with Gasteiger partial charge in [0, 0.05) is 16.9 Å². The lowest BCUT2D eigenvalue weighted by atomic mass is 10.1. The van der Waals surface area contributed by atoms with Crippen LogP contribution >= 0.6 is 11.6 Å². The molecule has 0 radical (unpaired) electrons. The van der Waals surface area contributed by atoms with E-state index in [1.54, 1.807) is 0 Å². The Morgan fingerprint density at radius 2 is 2.05 bits per heavy atom. The molecule has 1 aliphatic rings. The molecule has 0 atom stereocenters. The Morgan fingerprint density at radius 3 is 2.75 bits per heavy atom. The first-order valence-electron chi connectivity index (χ1n) is 6.91. The smallest absolute Gasteiger partial charge is 0.269 e. The summed E-state index contributed by atoms with van der Waals surface area (Å²) in [7, 11) is 2.10. The number of carbonyl (C=O) groups is 1. The first-order chi connectivity index (χ1) is 9.65. The highest BCUT2D eigenvalue weighted by Crippen LogP contribution is 2.27. The molecule has 0 spiro atoms. The minimum Gasteiger partial charge on any atom is -0.349 e. The molecule has 0 aliphatic carbocycles. The van der Waals surface area contributed by atoms with Gasteiger partial charge in [-0.25, -0.2) is 0 Å². The molecule has 0 bridgehead atoms. The molecule has 0 unspecified atom stereocenters. The maximum absolute atomic E-state index is 12.3. The molecule has 4 nitrogen and oxygen atoms in total. The second-order valence-electron chi connectivity index (χ2n) is 5.41. The van der Waals surface area contributed by atoms with E-state index in [2.05, 4.69) is 22.2 Å². The highest BCUT2D eigenvalue weighted by Gasteiger charge is 2.22. The number of aromatic amines is 1. The lowest BCUT2D eigenvalue weighted by Gasteiger charge is -2.29. The summed E-state index contributed by atoms with van der Waals surface area (Å²) in [5.74, 6) is -0.110. The number of nitrogens with one attached hydrogen (secondary N) is 2. The lowest BCUT2D eigenvalue weighted by molar-refractivity contribution is 0.0913. The van der Waals surface area contributed by atoms with Crippen molar-refractivity contribution in [3.8, 4) is 0 Å². The molecule has 2 aromatic rings. The largest absolute Gasteiger partial charge is 0.349 e. The number of benzene rings is 1. The number of piperidine rings is 1. The van der Waals surface area contributed by atoms with Crippen LogP contribution in [0.5, 0.6) is 0 Å². The molecule has 106 valence electrons. The summed E-state index contributed by atoms with van der Waals surface area (Å²) >= 11 is 6.29. The van der Waals surface area contributed by atoms with Crippen LogP contribution in [0.1, 0.15) is 23.3 Å². The number of amides is 1. The first-order valence-corrected chi connectivity index (χ1v) is 7.28. The van der Waals surface area contributed by atoms with Crippen molar-refractivity contribution in [3.63, 3.8) is 0 Å². The van der Waals surface area contributed by atoms with Crippen molar-refractivity contribution in [2.24, 2.45) is 0 Å². The minimum absolute atomic E-state index is 0.110. The van der Waals surface area contributed by atoms with Crippen molar-refractivity contribution >= 4 is 28.4 Å². The number of fused-ring (bicyclic) bond motifs is 1. The van der Waals surface area contributed by atoms with Crippen LogP contribution in [0, 0.1) is 0 Å². The van der Waals surface area contributed by atoms with E-state index in [4.69, 9.17) is 11.6 Å². The van der Waals surface area contributed by atoms with Crippen molar-refractivity contribution in [3.05, 3.63) is 35.0 Å². The van der Waals surface area contributed by atoms with Gasteiger partial charge in [0.2, 0.25) is 0 Å². The number of carbonyl (C=O) groups excluding carboxylic acids is 1. The summed E-state index contributed by atoms with van der Waals surface area (Å²) in [5.41, 5.74) is 1.36. The number of hydrogen-bond acceptors (Lipinski definition) is 2. The second kappa shape index (κ2) is 5.46. The molecule has 5 heteroatoms. The zero-order valence-electron chi connectivity index (χ0n) is 11.4. The van der Waals surface area contributed by atoms with Crippen molar-refractivity contribution < 1.29 is 4.79 Å². The van der Waals surface area contributed by atoms with Crippen LogP contribution in [0.3, 0.4) is 0 Å². The third-order valence-corrected chi connectivity index (χ3v) is 4.32. The van der Waals surface area contributed by atoms with Crippen molar-refractivity contribution in [2.45, 2.75) is 18.9 Å². The van der Waals surface area contributed by atoms with Crippen LogP contribution in [0.25, 0.3) is 10.9 Å². The van der Waals surface area contributed by atoms with E-state index in [1.165, 1.54) is 0 Å². The van der Waals surface area contributed by atoms with Crippen LogP contribution in [0.15, 0.2) is 24.3 Å². The highest BCUT2D eigenvalue weighted by atomic mass is 35.5. The topological polar surface area (TPSA) is 48.1 Å². The zero-order valence-corrected chi connectivity index (χ0v) is 12.2. The normalized spacial score (nSPS) is 17.5. The van der Waals surface area contributed by atoms with Gasteiger partial charge in [-0.1, -0.05) is 29.8 Å². The molecular weight excluding hydrogens is 274 g/mol.